The van der Waals surface area contributed by atoms with Crippen LogP contribution in [0.2, 0.25) is 0 Å². The lowest BCUT2D eigenvalue weighted by Gasteiger charge is -2.37. The molecule has 0 aromatic heterocycles. The summed E-state index contributed by atoms with van der Waals surface area (Å²) in [4.78, 5) is 10.8. The number of rotatable bonds is 5. The Hall–Kier alpha value is -1.55. The molecule has 22 heavy (non-hydrogen) atoms. The minimum atomic E-state index is -0.527. The lowest BCUT2D eigenvalue weighted by molar-refractivity contribution is 0.195. The van der Waals surface area contributed by atoms with E-state index >= 15 is 0 Å². The molecule has 1 aliphatic rings. The molecule has 1 aliphatic carbocycles. The van der Waals surface area contributed by atoms with Gasteiger partial charge in [0.15, 0.2) is 0 Å². The highest BCUT2D eigenvalue weighted by Crippen LogP contribution is 2.31. The minimum absolute atomic E-state index is 0.312. The van der Waals surface area contributed by atoms with Crippen LogP contribution in [0.15, 0.2) is 24.3 Å². The van der Waals surface area contributed by atoms with Crippen LogP contribution in [0.25, 0.3) is 0 Å². The molecule has 4 heteroatoms. The van der Waals surface area contributed by atoms with E-state index in [0.717, 1.165) is 17.5 Å². The second-order valence-electron chi connectivity index (χ2n) is 6.80. The zero-order valence-corrected chi connectivity index (χ0v) is 13.9. The molecule has 3 atom stereocenters. The molecule has 4 nitrogen and oxygen atoms in total. The Morgan fingerprint density at radius 2 is 1.77 bits per heavy atom. The van der Waals surface area contributed by atoms with Crippen molar-refractivity contribution in [1.82, 2.24) is 5.32 Å². The molecular formula is C18H29N3O. The third-order valence-electron chi connectivity index (χ3n) is 4.82. The van der Waals surface area contributed by atoms with Gasteiger partial charge in [0.1, 0.15) is 0 Å². The average molecular weight is 303 g/mol. The van der Waals surface area contributed by atoms with Crippen molar-refractivity contribution >= 4 is 11.7 Å². The van der Waals surface area contributed by atoms with Crippen LogP contribution in [0.5, 0.6) is 0 Å². The van der Waals surface area contributed by atoms with E-state index in [-0.39, 0.29) is 0 Å². The average Bonchev–Trinajstić information content (AvgIpc) is 2.47. The molecule has 0 heterocycles. The Morgan fingerprint density at radius 3 is 2.36 bits per heavy atom. The van der Waals surface area contributed by atoms with Crippen molar-refractivity contribution in [2.24, 2.45) is 17.6 Å². The molecule has 0 unspecified atom stereocenters. The van der Waals surface area contributed by atoms with Crippen LogP contribution in [-0.2, 0) is 0 Å². The SMILES string of the molecule is CC(C)[C@@H]1CCCC[C@H]1N[C@@H](C)c1ccc(NC(N)=O)cc1. The van der Waals surface area contributed by atoms with E-state index in [0.29, 0.717) is 12.1 Å². The number of benzene rings is 1. The number of anilines is 1. The second kappa shape index (κ2) is 7.63. The monoisotopic (exact) mass is 303 g/mol. The van der Waals surface area contributed by atoms with Gasteiger partial charge in [0.2, 0.25) is 0 Å². The summed E-state index contributed by atoms with van der Waals surface area (Å²) in [6.07, 6.45) is 5.30. The molecular weight excluding hydrogens is 274 g/mol. The van der Waals surface area contributed by atoms with Crippen LogP contribution in [0.3, 0.4) is 0 Å². The standard InChI is InChI=1S/C18H29N3O/c1-12(2)16-6-4-5-7-17(16)20-13(3)14-8-10-15(11-9-14)21-18(19)22/h8-13,16-17,20H,4-7H2,1-3H3,(H3,19,21,22)/t13-,16-,17+/m0/s1. The van der Waals surface area contributed by atoms with Crippen molar-refractivity contribution in [1.29, 1.82) is 0 Å². The lowest BCUT2D eigenvalue weighted by atomic mass is 9.77. The Morgan fingerprint density at radius 1 is 1.14 bits per heavy atom. The van der Waals surface area contributed by atoms with E-state index in [2.05, 4.69) is 43.5 Å². The molecule has 122 valence electrons. The Kier molecular flexibility index (Phi) is 5.83. The molecule has 1 aromatic carbocycles. The maximum atomic E-state index is 10.8. The Bertz CT molecular complexity index is 484. The van der Waals surface area contributed by atoms with E-state index in [1.54, 1.807) is 0 Å². The van der Waals surface area contributed by atoms with Crippen molar-refractivity contribution in [2.75, 3.05) is 5.32 Å². The van der Waals surface area contributed by atoms with Gasteiger partial charge >= 0.3 is 6.03 Å². The highest BCUT2D eigenvalue weighted by Gasteiger charge is 2.28. The van der Waals surface area contributed by atoms with Gasteiger partial charge in [0, 0.05) is 17.8 Å². The van der Waals surface area contributed by atoms with Crippen molar-refractivity contribution < 1.29 is 4.79 Å². The molecule has 0 spiro atoms. The minimum Gasteiger partial charge on any atom is -0.351 e. The predicted octanol–water partition coefficient (Wildman–Crippen LogP) is 4.04. The Labute approximate surface area is 133 Å². The summed E-state index contributed by atoms with van der Waals surface area (Å²) < 4.78 is 0. The largest absolute Gasteiger partial charge is 0.351 e. The van der Waals surface area contributed by atoms with Gasteiger partial charge in [-0.3, -0.25) is 0 Å². The highest BCUT2D eigenvalue weighted by molar-refractivity contribution is 5.87. The van der Waals surface area contributed by atoms with Crippen LogP contribution in [0.4, 0.5) is 10.5 Å². The molecule has 0 radical (unpaired) electrons. The van der Waals surface area contributed by atoms with E-state index in [1.165, 1.54) is 31.2 Å². The molecule has 4 N–H and O–H groups in total. The van der Waals surface area contributed by atoms with Gasteiger partial charge in [-0.2, -0.15) is 0 Å². The highest BCUT2D eigenvalue weighted by atomic mass is 16.2. The first-order valence-electron chi connectivity index (χ1n) is 8.40. The first kappa shape index (κ1) is 16.8. The maximum absolute atomic E-state index is 10.8. The summed E-state index contributed by atoms with van der Waals surface area (Å²) in [5.41, 5.74) is 7.10. The summed E-state index contributed by atoms with van der Waals surface area (Å²) in [6, 6.07) is 8.30. The van der Waals surface area contributed by atoms with Gasteiger partial charge in [0.05, 0.1) is 0 Å². The van der Waals surface area contributed by atoms with Gasteiger partial charge in [-0.15, -0.1) is 0 Å². The number of nitrogens with two attached hydrogens (primary N) is 1. The van der Waals surface area contributed by atoms with Crippen molar-refractivity contribution in [3.63, 3.8) is 0 Å². The molecule has 1 aromatic rings. The topological polar surface area (TPSA) is 67.2 Å². The van der Waals surface area contributed by atoms with Gasteiger partial charge in [0.25, 0.3) is 0 Å². The summed E-state index contributed by atoms with van der Waals surface area (Å²) >= 11 is 0. The normalized spacial score (nSPS) is 23.3. The lowest BCUT2D eigenvalue weighted by Crippen LogP contribution is -2.42. The first-order chi connectivity index (χ1) is 10.5. The fraction of sp³-hybridized carbons (Fsp3) is 0.611. The molecule has 0 bridgehead atoms. The summed E-state index contributed by atoms with van der Waals surface area (Å²) in [6.45, 7) is 6.88. The van der Waals surface area contributed by atoms with Crippen LogP contribution in [0, 0.1) is 11.8 Å². The van der Waals surface area contributed by atoms with Gasteiger partial charge in [-0.05, 0) is 49.3 Å². The first-order valence-corrected chi connectivity index (χ1v) is 8.40. The fourth-order valence-electron chi connectivity index (χ4n) is 3.58. The summed E-state index contributed by atoms with van der Waals surface area (Å²) in [5.74, 6) is 1.50. The molecule has 1 saturated carbocycles. The Balaban J connectivity index is 1.98. The molecule has 0 aliphatic heterocycles. The number of urea groups is 1. The van der Waals surface area contributed by atoms with Crippen LogP contribution in [0.1, 0.15) is 58.1 Å². The van der Waals surface area contributed by atoms with Crippen molar-refractivity contribution in [2.45, 2.75) is 58.5 Å². The second-order valence-corrected chi connectivity index (χ2v) is 6.80. The number of carbonyl (C=O) groups is 1. The van der Waals surface area contributed by atoms with Crippen LogP contribution >= 0.6 is 0 Å². The van der Waals surface area contributed by atoms with Crippen molar-refractivity contribution in [3.8, 4) is 0 Å². The van der Waals surface area contributed by atoms with Crippen LogP contribution < -0.4 is 16.4 Å². The fourth-order valence-corrected chi connectivity index (χ4v) is 3.58. The number of amides is 2. The number of nitrogens with one attached hydrogen (secondary N) is 2. The van der Waals surface area contributed by atoms with Crippen LogP contribution in [-0.4, -0.2) is 12.1 Å². The van der Waals surface area contributed by atoms with Gasteiger partial charge in [-0.1, -0.05) is 38.8 Å². The van der Waals surface area contributed by atoms with E-state index in [4.69, 9.17) is 5.73 Å². The summed E-state index contributed by atoms with van der Waals surface area (Å²) in [5, 5.41) is 6.41. The van der Waals surface area contributed by atoms with E-state index < -0.39 is 6.03 Å². The maximum Gasteiger partial charge on any atom is 0.316 e. The third-order valence-corrected chi connectivity index (χ3v) is 4.82. The molecule has 2 amide bonds. The molecule has 0 saturated heterocycles. The van der Waals surface area contributed by atoms with Crippen molar-refractivity contribution in [3.05, 3.63) is 29.8 Å². The quantitative estimate of drug-likeness (QED) is 0.768. The van der Waals surface area contributed by atoms with E-state index in [1.807, 2.05) is 12.1 Å². The number of hydrogen-bond donors (Lipinski definition) is 3. The molecule has 1 fully saturated rings. The van der Waals surface area contributed by atoms with Gasteiger partial charge < -0.3 is 16.4 Å². The smallest absolute Gasteiger partial charge is 0.316 e. The molecule has 2 rings (SSSR count). The number of primary amides is 1. The third kappa shape index (κ3) is 4.47. The van der Waals surface area contributed by atoms with E-state index in [9.17, 15) is 4.79 Å². The zero-order chi connectivity index (χ0) is 16.1. The van der Waals surface area contributed by atoms with Gasteiger partial charge in [-0.25, -0.2) is 4.79 Å². The number of carbonyl (C=O) groups excluding carboxylic acids is 1. The summed E-state index contributed by atoms with van der Waals surface area (Å²) in [7, 11) is 0. The predicted molar refractivity (Wildman–Crippen MR) is 91.8 cm³/mol. The number of hydrogen-bond acceptors (Lipinski definition) is 2. The zero-order valence-electron chi connectivity index (χ0n) is 13.9.